The Kier molecular flexibility index (Phi) is 3.41. The van der Waals surface area contributed by atoms with Crippen LogP contribution in [-0.2, 0) is 4.74 Å². The largest absolute Gasteiger partial charge is 0.478 e. The monoisotopic (exact) mass is 237 g/mol. The number of nitrogens with two attached hydrogens (primary N) is 1. The number of hydrogen-bond acceptors (Lipinski definition) is 4. The molecule has 92 valence electrons. The molecule has 0 fully saturated rings. The number of carboxylic acids is 1. The molecule has 5 nitrogen and oxygen atoms in total. The normalized spacial score (nSPS) is 11.0. The maximum absolute atomic E-state index is 11.7. The van der Waals surface area contributed by atoms with E-state index in [0.717, 1.165) is 0 Å². The third-order valence-corrected chi connectivity index (χ3v) is 1.92. The zero-order valence-corrected chi connectivity index (χ0v) is 9.98. The maximum Gasteiger partial charge on any atom is 0.338 e. The zero-order valence-electron chi connectivity index (χ0n) is 9.98. The second-order valence-electron chi connectivity index (χ2n) is 4.61. The van der Waals surface area contributed by atoms with E-state index in [1.54, 1.807) is 20.8 Å². The predicted octanol–water partition coefficient (Wildman–Crippen LogP) is 1.92. The van der Waals surface area contributed by atoms with E-state index in [-0.39, 0.29) is 16.8 Å². The van der Waals surface area contributed by atoms with Crippen LogP contribution in [0.1, 0.15) is 41.5 Å². The number of hydrogen-bond donors (Lipinski definition) is 2. The molecule has 0 saturated carbocycles. The van der Waals surface area contributed by atoms with Gasteiger partial charge in [0.25, 0.3) is 0 Å². The number of esters is 1. The summed E-state index contributed by atoms with van der Waals surface area (Å²) in [6.45, 7) is 5.25. The molecule has 17 heavy (non-hydrogen) atoms. The van der Waals surface area contributed by atoms with Crippen LogP contribution in [0.2, 0.25) is 0 Å². The molecule has 0 atom stereocenters. The highest BCUT2D eigenvalue weighted by molar-refractivity contribution is 5.97. The van der Waals surface area contributed by atoms with E-state index in [1.165, 1.54) is 18.2 Å². The Morgan fingerprint density at radius 1 is 1.29 bits per heavy atom. The van der Waals surface area contributed by atoms with Gasteiger partial charge in [-0.25, -0.2) is 9.59 Å². The SMILES string of the molecule is CC(C)(C)OC(=O)c1ccc(C(=O)O)c(N)c1. The Labute approximate surface area is 99.2 Å². The van der Waals surface area contributed by atoms with E-state index < -0.39 is 17.5 Å². The highest BCUT2D eigenvalue weighted by atomic mass is 16.6. The van der Waals surface area contributed by atoms with Gasteiger partial charge in [0.05, 0.1) is 11.1 Å². The van der Waals surface area contributed by atoms with Crippen molar-refractivity contribution < 1.29 is 19.4 Å². The smallest absolute Gasteiger partial charge is 0.338 e. The van der Waals surface area contributed by atoms with Crippen LogP contribution in [0.3, 0.4) is 0 Å². The molecule has 1 rings (SSSR count). The minimum atomic E-state index is -1.13. The lowest BCUT2D eigenvalue weighted by Gasteiger charge is -2.19. The van der Waals surface area contributed by atoms with Gasteiger partial charge in [0.2, 0.25) is 0 Å². The van der Waals surface area contributed by atoms with E-state index in [4.69, 9.17) is 15.6 Å². The van der Waals surface area contributed by atoms with Crippen molar-refractivity contribution in [1.29, 1.82) is 0 Å². The van der Waals surface area contributed by atoms with Crippen LogP contribution in [0.25, 0.3) is 0 Å². The minimum Gasteiger partial charge on any atom is -0.478 e. The van der Waals surface area contributed by atoms with Gasteiger partial charge in [0, 0.05) is 5.69 Å². The summed E-state index contributed by atoms with van der Waals surface area (Å²) in [5.74, 6) is -1.65. The molecule has 0 aliphatic heterocycles. The lowest BCUT2D eigenvalue weighted by Crippen LogP contribution is -2.24. The van der Waals surface area contributed by atoms with Gasteiger partial charge >= 0.3 is 11.9 Å². The average molecular weight is 237 g/mol. The first-order chi connectivity index (χ1) is 7.70. The first kappa shape index (κ1) is 13.0. The fourth-order valence-electron chi connectivity index (χ4n) is 1.22. The summed E-state index contributed by atoms with van der Waals surface area (Å²) in [5.41, 5.74) is 5.19. The first-order valence-corrected chi connectivity index (χ1v) is 5.07. The van der Waals surface area contributed by atoms with Crippen LogP contribution in [0, 0.1) is 0 Å². The summed E-state index contributed by atoms with van der Waals surface area (Å²) in [6.07, 6.45) is 0. The Bertz CT molecular complexity index is 460. The van der Waals surface area contributed by atoms with Crippen LogP contribution in [0.5, 0.6) is 0 Å². The molecule has 0 aliphatic rings. The summed E-state index contributed by atoms with van der Waals surface area (Å²) < 4.78 is 5.14. The van der Waals surface area contributed by atoms with Crippen molar-refractivity contribution in [3.05, 3.63) is 29.3 Å². The lowest BCUT2D eigenvalue weighted by atomic mass is 10.1. The Hall–Kier alpha value is -2.04. The van der Waals surface area contributed by atoms with Crippen LogP contribution in [0.15, 0.2) is 18.2 Å². The lowest BCUT2D eigenvalue weighted by molar-refractivity contribution is 0.00692. The second kappa shape index (κ2) is 4.45. The number of ether oxygens (including phenoxy) is 1. The van der Waals surface area contributed by atoms with Crippen molar-refractivity contribution in [2.45, 2.75) is 26.4 Å². The van der Waals surface area contributed by atoms with Crippen LogP contribution in [0.4, 0.5) is 5.69 Å². The van der Waals surface area contributed by atoms with Crippen molar-refractivity contribution in [2.75, 3.05) is 5.73 Å². The molecule has 0 aliphatic carbocycles. The fraction of sp³-hybridized carbons (Fsp3) is 0.333. The summed E-state index contributed by atoms with van der Waals surface area (Å²) in [7, 11) is 0. The van der Waals surface area contributed by atoms with Gasteiger partial charge < -0.3 is 15.6 Å². The van der Waals surface area contributed by atoms with Gasteiger partial charge in [-0.2, -0.15) is 0 Å². The molecule has 0 heterocycles. The third kappa shape index (κ3) is 3.48. The number of rotatable bonds is 2. The van der Waals surface area contributed by atoms with E-state index >= 15 is 0 Å². The van der Waals surface area contributed by atoms with Crippen molar-refractivity contribution in [1.82, 2.24) is 0 Å². The molecular formula is C12H15NO4. The molecule has 3 N–H and O–H groups in total. The Morgan fingerprint density at radius 3 is 2.29 bits per heavy atom. The number of carbonyl (C=O) groups excluding carboxylic acids is 1. The van der Waals surface area contributed by atoms with E-state index in [0.29, 0.717) is 0 Å². The average Bonchev–Trinajstić information content (AvgIpc) is 2.14. The van der Waals surface area contributed by atoms with Gasteiger partial charge in [0.15, 0.2) is 0 Å². The highest BCUT2D eigenvalue weighted by Gasteiger charge is 2.19. The molecule has 1 aromatic rings. The third-order valence-electron chi connectivity index (χ3n) is 1.92. The summed E-state index contributed by atoms with van der Waals surface area (Å²) in [6, 6.07) is 3.97. The van der Waals surface area contributed by atoms with Gasteiger partial charge in [-0.15, -0.1) is 0 Å². The van der Waals surface area contributed by atoms with Gasteiger partial charge in [-0.1, -0.05) is 0 Å². The Morgan fingerprint density at radius 2 is 1.88 bits per heavy atom. The summed E-state index contributed by atoms with van der Waals surface area (Å²) in [4.78, 5) is 22.4. The number of carbonyl (C=O) groups is 2. The number of nitrogen functional groups attached to an aromatic ring is 1. The summed E-state index contributed by atoms with van der Waals surface area (Å²) in [5, 5.41) is 8.79. The maximum atomic E-state index is 11.7. The molecule has 0 bridgehead atoms. The second-order valence-corrected chi connectivity index (χ2v) is 4.61. The van der Waals surface area contributed by atoms with Crippen LogP contribution < -0.4 is 5.73 Å². The highest BCUT2D eigenvalue weighted by Crippen LogP contribution is 2.17. The van der Waals surface area contributed by atoms with E-state index in [1.807, 2.05) is 0 Å². The molecule has 0 spiro atoms. The zero-order chi connectivity index (χ0) is 13.2. The van der Waals surface area contributed by atoms with Crippen molar-refractivity contribution in [3.63, 3.8) is 0 Å². The van der Waals surface area contributed by atoms with Crippen LogP contribution >= 0.6 is 0 Å². The first-order valence-electron chi connectivity index (χ1n) is 5.07. The minimum absolute atomic E-state index is 0.0303. The van der Waals surface area contributed by atoms with Gasteiger partial charge in [-0.05, 0) is 39.0 Å². The quantitative estimate of drug-likeness (QED) is 0.605. The summed E-state index contributed by atoms with van der Waals surface area (Å²) >= 11 is 0. The van der Waals surface area contributed by atoms with Gasteiger partial charge in [-0.3, -0.25) is 0 Å². The number of anilines is 1. The molecule has 1 aromatic carbocycles. The van der Waals surface area contributed by atoms with Crippen LogP contribution in [-0.4, -0.2) is 22.6 Å². The molecule has 0 unspecified atom stereocenters. The number of carboxylic acid groups (broad SMARTS) is 1. The molecule has 0 amide bonds. The van der Waals surface area contributed by atoms with E-state index in [2.05, 4.69) is 0 Å². The van der Waals surface area contributed by atoms with Crippen molar-refractivity contribution >= 4 is 17.6 Å². The van der Waals surface area contributed by atoms with Crippen molar-refractivity contribution in [2.24, 2.45) is 0 Å². The molecular weight excluding hydrogens is 222 g/mol. The molecule has 0 aromatic heterocycles. The molecule has 0 radical (unpaired) electrons. The molecule has 0 saturated heterocycles. The molecule has 5 heteroatoms. The van der Waals surface area contributed by atoms with Gasteiger partial charge in [0.1, 0.15) is 5.60 Å². The van der Waals surface area contributed by atoms with E-state index in [9.17, 15) is 9.59 Å². The number of benzene rings is 1. The van der Waals surface area contributed by atoms with Crippen molar-refractivity contribution in [3.8, 4) is 0 Å². The number of aromatic carboxylic acids is 1. The fourth-order valence-corrected chi connectivity index (χ4v) is 1.22. The Balaban J connectivity index is 2.98. The topological polar surface area (TPSA) is 89.6 Å². The predicted molar refractivity (Wildman–Crippen MR) is 63.0 cm³/mol. The standard InChI is InChI=1S/C12H15NO4/c1-12(2,3)17-11(16)7-4-5-8(10(14)15)9(13)6-7/h4-6H,13H2,1-3H3,(H,14,15).